The summed E-state index contributed by atoms with van der Waals surface area (Å²) in [5, 5.41) is 15.2. The van der Waals surface area contributed by atoms with E-state index in [1.54, 1.807) is 23.9 Å². The number of thioether (sulfide) groups is 1. The molecule has 1 aliphatic heterocycles. The predicted molar refractivity (Wildman–Crippen MR) is 169 cm³/mol. The Morgan fingerprint density at radius 2 is 1.57 bits per heavy atom. The lowest BCUT2D eigenvalue weighted by Gasteiger charge is -2.33. The molecule has 0 spiro atoms. The van der Waals surface area contributed by atoms with E-state index >= 15 is 0 Å². The molecule has 0 saturated heterocycles. The van der Waals surface area contributed by atoms with E-state index in [0.29, 0.717) is 17.1 Å². The third-order valence-corrected chi connectivity index (χ3v) is 11.4. The summed E-state index contributed by atoms with van der Waals surface area (Å²) < 4.78 is 25.7. The molecule has 0 bridgehead atoms. The van der Waals surface area contributed by atoms with Crippen LogP contribution in [-0.4, -0.2) is 19.3 Å². The first kappa shape index (κ1) is 30.5. The molecule has 216 valence electrons. The number of phenolic OH excluding ortho intramolecular Hbond substituents is 1. The Morgan fingerprint density at radius 3 is 2.25 bits per heavy atom. The van der Waals surface area contributed by atoms with Crippen LogP contribution in [0, 0.1) is 0 Å². The highest BCUT2D eigenvalue weighted by molar-refractivity contribution is 8.00. The second-order valence-electron chi connectivity index (χ2n) is 12.3. The van der Waals surface area contributed by atoms with Gasteiger partial charge in [-0.15, -0.1) is 0 Å². The molecule has 0 saturated carbocycles. The summed E-state index contributed by atoms with van der Waals surface area (Å²) in [5.41, 5.74) is 4.46. The molecule has 0 fully saturated rings. The second kappa shape index (κ2) is 12.2. The van der Waals surface area contributed by atoms with E-state index in [1.165, 1.54) is 18.4 Å². The fourth-order valence-electron chi connectivity index (χ4n) is 5.50. The van der Waals surface area contributed by atoms with Gasteiger partial charge in [0.1, 0.15) is 11.1 Å². The van der Waals surface area contributed by atoms with Crippen LogP contribution in [0.15, 0.2) is 70.5 Å². The lowest BCUT2D eigenvalue weighted by Crippen LogP contribution is -2.23. The summed E-state index contributed by atoms with van der Waals surface area (Å²) in [5.74, 6) is 0.461. The molecule has 4 nitrogen and oxygen atoms in total. The van der Waals surface area contributed by atoms with Gasteiger partial charge in [-0.05, 0) is 53.6 Å². The number of phenols is 1. The molecule has 1 aliphatic rings. The maximum atomic E-state index is 12.9. The molecule has 40 heavy (non-hydrogen) atoms. The number of benzene rings is 3. The number of hydrogen-bond donors (Lipinski definition) is 2. The van der Waals surface area contributed by atoms with Gasteiger partial charge >= 0.3 is 0 Å². The van der Waals surface area contributed by atoms with Crippen molar-refractivity contribution in [2.75, 3.05) is 11.1 Å². The first-order chi connectivity index (χ1) is 18.9. The molecular weight excluding hydrogens is 535 g/mol. The quantitative estimate of drug-likeness (QED) is 0.209. The second-order valence-corrected chi connectivity index (χ2v) is 15.5. The van der Waals surface area contributed by atoms with E-state index in [-0.39, 0.29) is 16.5 Å². The SMILES string of the molecule is CCCCCC(C)(C)c1cc(C2Nc3cc(S(=O)(=O)CCCC)ccc3S2)c(O)c(C(C)(C)c2ccccc2)c1. The minimum Gasteiger partial charge on any atom is -0.507 e. The standard InChI is InChI=1S/C34H45NO3S2/c1-7-9-14-19-33(3,4)25-21-27(31(36)28(22-25)34(5,6)24-15-12-11-13-16-24)32-35-29-23-26(17-18-30(29)39-32)40(37,38)20-10-8-2/h11-13,15-18,21-23,32,35-36H,7-10,14,19-20H2,1-6H3. The van der Waals surface area contributed by atoms with Crippen LogP contribution in [0.5, 0.6) is 5.75 Å². The highest BCUT2D eigenvalue weighted by Crippen LogP contribution is 2.52. The summed E-state index contributed by atoms with van der Waals surface area (Å²) in [4.78, 5) is 1.35. The van der Waals surface area contributed by atoms with Gasteiger partial charge in [-0.25, -0.2) is 8.42 Å². The molecule has 1 heterocycles. The van der Waals surface area contributed by atoms with Crippen molar-refractivity contribution in [1.82, 2.24) is 0 Å². The van der Waals surface area contributed by atoms with Crippen LogP contribution >= 0.6 is 11.8 Å². The fourth-order valence-corrected chi connectivity index (χ4v) is 8.12. The average molecular weight is 580 g/mol. The third-order valence-electron chi connectivity index (χ3n) is 8.39. The van der Waals surface area contributed by atoms with Crippen molar-refractivity contribution in [3.05, 3.63) is 82.9 Å². The maximum Gasteiger partial charge on any atom is 0.178 e. The molecule has 0 radical (unpaired) electrons. The zero-order chi connectivity index (χ0) is 29.1. The van der Waals surface area contributed by atoms with Crippen molar-refractivity contribution in [2.45, 2.75) is 106 Å². The molecule has 3 aromatic carbocycles. The van der Waals surface area contributed by atoms with Crippen LogP contribution in [-0.2, 0) is 20.7 Å². The van der Waals surface area contributed by atoms with E-state index in [4.69, 9.17) is 0 Å². The molecule has 2 N–H and O–H groups in total. The van der Waals surface area contributed by atoms with Crippen molar-refractivity contribution in [1.29, 1.82) is 0 Å². The van der Waals surface area contributed by atoms with Gasteiger partial charge in [0.05, 0.1) is 16.3 Å². The summed E-state index contributed by atoms with van der Waals surface area (Å²) in [6.07, 6.45) is 6.11. The van der Waals surface area contributed by atoms with Gasteiger partial charge in [0.15, 0.2) is 9.84 Å². The van der Waals surface area contributed by atoms with Gasteiger partial charge in [0.25, 0.3) is 0 Å². The number of fused-ring (bicyclic) bond motifs is 1. The smallest absolute Gasteiger partial charge is 0.178 e. The van der Waals surface area contributed by atoms with Gasteiger partial charge in [-0.2, -0.15) is 0 Å². The number of aromatic hydroxyl groups is 1. The number of sulfone groups is 1. The summed E-state index contributed by atoms with van der Waals surface area (Å²) in [6.45, 7) is 13.2. The minimum absolute atomic E-state index is 0.0597. The largest absolute Gasteiger partial charge is 0.507 e. The van der Waals surface area contributed by atoms with Gasteiger partial charge in [-0.3, -0.25) is 0 Å². The Kier molecular flexibility index (Phi) is 9.31. The first-order valence-electron chi connectivity index (χ1n) is 14.6. The Labute approximate surface area is 245 Å². The van der Waals surface area contributed by atoms with E-state index in [0.717, 1.165) is 46.5 Å². The third kappa shape index (κ3) is 6.38. The average Bonchev–Trinajstić information content (AvgIpc) is 3.36. The zero-order valence-corrected chi connectivity index (χ0v) is 26.5. The normalized spacial score (nSPS) is 15.6. The van der Waals surface area contributed by atoms with Crippen LogP contribution in [0.2, 0.25) is 0 Å². The van der Waals surface area contributed by atoms with Crippen LogP contribution in [0.4, 0.5) is 5.69 Å². The van der Waals surface area contributed by atoms with Gasteiger partial charge in [0, 0.05) is 21.4 Å². The topological polar surface area (TPSA) is 66.4 Å². The monoisotopic (exact) mass is 579 g/mol. The molecule has 0 aliphatic carbocycles. The number of unbranched alkanes of at least 4 members (excludes halogenated alkanes) is 3. The van der Waals surface area contributed by atoms with Crippen molar-refractivity contribution in [3.8, 4) is 5.75 Å². The molecular formula is C34H45NO3S2. The molecule has 6 heteroatoms. The van der Waals surface area contributed by atoms with Crippen LogP contribution in [0.25, 0.3) is 0 Å². The highest BCUT2D eigenvalue weighted by Gasteiger charge is 2.34. The number of anilines is 1. The maximum absolute atomic E-state index is 12.9. The van der Waals surface area contributed by atoms with E-state index < -0.39 is 15.3 Å². The fraction of sp³-hybridized carbons (Fsp3) is 0.471. The van der Waals surface area contributed by atoms with Gasteiger partial charge in [-0.1, -0.05) is 115 Å². The Bertz CT molecular complexity index is 1430. The van der Waals surface area contributed by atoms with Crippen molar-refractivity contribution < 1.29 is 13.5 Å². The molecule has 1 atom stereocenters. The van der Waals surface area contributed by atoms with Crippen LogP contribution in [0.3, 0.4) is 0 Å². The van der Waals surface area contributed by atoms with E-state index in [2.05, 4.69) is 64.2 Å². The highest BCUT2D eigenvalue weighted by atomic mass is 32.2. The van der Waals surface area contributed by atoms with E-state index in [1.807, 2.05) is 31.2 Å². The van der Waals surface area contributed by atoms with Crippen molar-refractivity contribution in [2.24, 2.45) is 0 Å². The van der Waals surface area contributed by atoms with Gasteiger partial charge < -0.3 is 10.4 Å². The summed E-state index contributed by atoms with van der Waals surface area (Å²) in [6, 6.07) is 20.1. The Balaban J connectivity index is 1.77. The van der Waals surface area contributed by atoms with Crippen LogP contribution in [0.1, 0.15) is 108 Å². The molecule has 0 aromatic heterocycles. The summed E-state index contributed by atoms with van der Waals surface area (Å²) in [7, 11) is -3.33. The molecule has 1 unspecified atom stereocenters. The molecule has 4 rings (SSSR count). The lowest BCUT2D eigenvalue weighted by atomic mass is 9.72. The summed E-state index contributed by atoms with van der Waals surface area (Å²) >= 11 is 1.63. The van der Waals surface area contributed by atoms with Crippen molar-refractivity contribution in [3.63, 3.8) is 0 Å². The lowest BCUT2D eigenvalue weighted by molar-refractivity contribution is 0.433. The minimum atomic E-state index is -3.33. The number of hydrogen-bond acceptors (Lipinski definition) is 5. The first-order valence-corrected chi connectivity index (χ1v) is 17.2. The van der Waals surface area contributed by atoms with Crippen LogP contribution < -0.4 is 5.32 Å². The van der Waals surface area contributed by atoms with E-state index in [9.17, 15) is 13.5 Å². The van der Waals surface area contributed by atoms with Gasteiger partial charge in [0.2, 0.25) is 0 Å². The predicted octanol–water partition coefficient (Wildman–Crippen LogP) is 9.37. The molecule has 3 aromatic rings. The zero-order valence-electron chi connectivity index (χ0n) is 24.9. The molecule has 0 amide bonds. The Morgan fingerprint density at radius 1 is 0.875 bits per heavy atom. The number of nitrogens with one attached hydrogen (secondary N) is 1. The van der Waals surface area contributed by atoms with Crippen molar-refractivity contribution >= 4 is 27.3 Å². The Hall–Kier alpha value is -2.44. The number of rotatable bonds is 12.